The van der Waals surface area contributed by atoms with Crippen molar-refractivity contribution in [2.24, 2.45) is 11.8 Å². The van der Waals surface area contributed by atoms with E-state index in [2.05, 4.69) is 19.2 Å². The standard InChI is InChI=1S/C11H22ClNO/c1-5-8(2)6-11(14)13-10(4)9(3)7-12/h8-10H,5-7H2,1-4H3,(H,13,14). The van der Waals surface area contributed by atoms with E-state index in [-0.39, 0.29) is 11.9 Å². The lowest BCUT2D eigenvalue weighted by Gasteiger charge is -2.20. The van der Waals surface area contributed by atoms with Crippen LogP contribution in [0.25, 0.3) is 0 Å². The highest BCUT2D eigenvalue weighted by molar-refractivity contribution is 6.18. The summed E-state index contributed by atoms with van der Waals surface area (Å²) in [5.41, 5.74) is 0. The predicted molar refractivity (Wildman–Crippen MR) is 61.6 cm³/mol. The topological polar surface area (TPSA) is 29.1 Å². The second-order valence-electron chi connectivity index (χ2n) is 4.21. The average Bonchev–Trinajstić information content (AvgIpc) is 2.15. The van der Waals surface area contributed by atoms with Crippen LogP contribution in [0.15, 0.2) is 0 Å². The number of hydrogen-bond donors (Lipinski definition) is 1. The highest BCUT2D eigenvalue weighted by Crippen LogP contribution is 2.08. The van der Waals surface area contributed by atoms with Gasteiger partial charge in [-0.1, -0.05) is 27.2 Å². The quantitative estimate of drug-likeness (QED) is 0.684. The fraction of sp³-hybridized carbons (Fsp3) is 0.909. The van der Waals surface area contributed by atoms with Crippen LogP contribution in [0.4, 0.5) is 0 Å². The van der Waals surface area contributed by atoms with Crippen LogP contribution in [0.1, 0.15) is 40.5 Å². The zero-order chi connectivity index (χ0) is 11.1. The Hall–Kier alpha value is -0.240. The lowest BCUT2D eigenvalue weighted by Crippen LogP contribution is -2.38. The van der Waals surface area contributed by atoms with E-state index in [0.717, 1.165) is 6.42 Å². The van der Waals surface area contributed by atoms with E-state index in [1.54, 1.807) is 0 Å². The monoisotopic (exact) mass is 219 g/mol. The van der Waals surface area contributed by atoms with Crippen molar-refractivity contribution < 1.29 is 4.79 Å². The van der Waals surface area contributed by atoms with E-state index in [0.29, 0.717) is 24.1 Å². The van der Waals surface area contributed by atoms with Gasteiger partial charge in [-0.3, -0.25) is 4.79 Å². The molecule has 14 heavy (non-hydrogen) atoms. The molecule has 2 nitrogen and oxygen atoms in total. The molecular formula is C11H22ClNO. The van der Waals surface area contributed by atoms with Crippen LogP contribution in [0.2, 0.25) is 0 Å². The van der Waals surface area contributed by atoms with E-state index in [1.165, 1.54) is 0 Å². The van der Waals surface area contributed by atoms with Gasteiger partial charge >= 0.3 is 0 Å². The van der Waals surface area contributed by atoms with Crippen molar-refractivity contribution >= 4 is 17.5 Å². The molecule has 0 bridgehead atoms. The Morgan fingerprint density at radius 2 is 1.93 bits per heavy atom. The average molecular weight is 220 g/mol. The summed E-state index contributed by atoms with van der Waals surface area (Å²) in [5.74, 6) is 1.53. The van der Waals surface area contributed by atoms with Crippen LogP contribution >= 0.6 is 11.6 Å². The lowest BCUT2D eigenvalue weighted by molar-refractivity contribution is -0.122. The molecule has 0 aromatic heterocycles. The van der Waals surface area contributed by atoms with Crippen molar-refractivity contribution in [1.82, 2.24) is 5.32 Å². The van der Waals surface area contributed by atoms with Gasteiger partial charge in [0.05, 0.1) is 0 Å². The van der Waals surface area contributed by atoms with Crippen molar-refractivity contribution in [2.75, 3.05) is 5.88 Å². The second-order valence-corrected chi connectivity index (χ2v) is 4.51. The van der Waals surface area contributed by atoms with Gasteiger partial charge in [-0.2, -0.15) is 0 Å². The van der Waals surface area contributed by atoms with E-state index < -0.39 is 0 Å². The minimum absolute atomic E-state index is 0.142. The van der Waals surface area contributed by atoms with Gasteiger partial charge in [0.25, 0.3) is 0 Å². The van der Waals surface area contributed by atoms with Gasteiger partial charge in [0.2, 0.25) is 5.91 Å². The van der Waals surface area contributed by atoms with Crippen LogP contribution in [-0.2, 0) is 4.79 Å². The molecule has 84 valence electrons. The van der Waals surface area contributed by atoms with Crippen molar-refractivity contribution in [2.45, 2.75) is 46.6 Å². The van der Waals surface area contributed by atoms with Crippen molar-refractivity contribution in [3.63, 3.8) is 0 Å². The first-order valence-corrected chi connectivity index (χ1v) is 5.90. The van der Waals surface area contributed by atoms with Gasteiger partial charge in [0, 0.05) is 18.3 Å². The fourth-order valence-corrected chi connectivity index (χ4v) is 1.32. The maximum atomic E-state index is 11.5. The molecule has 0 saturated heterocycles. The number of nitrogens with one attached hydrogen (secondary N) is 1. The predicted octanol–water partition coefficient (Wildman–Crippen LogP) is 2.80. The number of carbonyl (C=O) groups is 1. The Morgan fingerprint density at radius 1 is 1.36 bits per heavy atom. The summed E-state index contributed by atoms with van der Waals surface area (Å²) in [4.78, 5) is 11.5. The summed E-state index contributed by atoms with van der Waals surface area (Å²) in [6, 6.07) is 0.170. The molecule has 0 aromatic rings. The molecule has 0 heterocycles. The van der Waals surface area contributed by atoms with Gasteiger partial charge in [0.15, 0.2) is 0 Å². The van der Waals surface area contributed by atoms with Crippen molar-refractivity contribution in [3.05, 3.63) is 0 Å². The molecule has 0 saturated carbocycles. The van der Waals surface area contributed by atoms with Gasteiger partial charge in [-0.25, -0.2) is 0 Å². The van der Waals surface area contributed by atoms with Crippen LogP contribution < -0.4 is 5.32 Å². The summed E-state index contributed by atoms with van der Waals surface area (Å²) in [5, 5.41) is 2.97. The number of rotatable bonds is 6. The first kappa shape index (κ1) is 13.8. The third kappa shape index (κ3) is 5.48. The fourth-order valence-electron chi connectivity index (χ4n) is 1.05. The Balaban J connectivity index is 3.82. The van der Waals surface area contributed by atoms with Crippen LogP contribution in [0, 0.1) is 11.8 Å². The number of alkyl halides is 1. The zero-order valence-corrected chi connectivity index (χ0v) is 10.4. The molecule has 3 atom stereocenters. The molecule has 0 spiro atoms. The Labute approximate surface area is 92.4 Å². The maximum Gasteiger partial charge on any atom is 0.220 e. The lowest BCUT2D eigenvalue weighted by atomic mass is 10.0. The molecule has 0 radical (unpaired) electrons. The molecule has 3 unspecified atom stereocenters. The molecule has 0 aliphatic carbocycles. The van der Waals surface area contributed by atoms with Crippen LogP contribution in [0.5, 0.6) is 0 Å². The number of halogens is 1. The largest absolute Gasteiger partial charge is 0.353 e. The van der Waals surface area contributed by atoms with Gasteiger partial charge in [-0.05, 0) is 18.8 Å². The third-order valence-corrected chi connectivity index (χ3v) is 3.20. The highest BCUT2D eigenvalue weighted by atomic mass is 35.5. The van der Waals surface area contributed by atoms with Gasteiger partial charge in [0.1, 0.15) is 0 Å². The summed E-state index contributed by atoms with van der Waals surface area (Å²) in [6.45, 7) is 8.24. The molecule has 0 rings (SSSR count). The van der Waals surface area contributed by atoms with Crippen molar-refractivity contribution in [3.8, 4) is 0 Å². The Kier molecular flexibility index (Phi) is 6.98. The SMILES string of the molecule is CCC(C)CC(=O)NC(C)C(C)CCl. The zero-order valence-electron chi connectivity index (χ0n) is 9.64. The normalized spacial score (nSPS) is 17.2. The van der Waals surface area contributed by atoms with Gasteiger partial charge < -0.3 is 5.32 Å². The van der Waals surface area contributed by atoms with E-state index in [4.69, 9.17) is 11.6 Å². The van der Waals surface area contributed by atoms with E-state index in [9.17, 15) is 4.79 Å². The Bertz CT molecular complexity index is 173. The number of hydrogen-bond acceptors (Lipinski definition) is 1. The minimum atomic E-state index is 0.142. The first-order chi connectivity index (χ1) is 6.51. The Morgan fingerprint density at radius 3 is 2.36 bits per heavy atom. The molecule has 1 N–H and O–H groups in total. The summed E-state index contributed by atoms with van der Waals surface area (Å²) < 4.78 is 0. The van der Waals surface area contributed by atoms with Crippen LogP contribution in [-0.4, -0.2) is 17.8 Å². The molecule has 0 aliphatic heterocycles. The summed E-state index contributed by atoms with van der Waals surface area (Å²) >= 11 is 5.71. The molecule has 0 aliphatic rings. The smallest absolute Gasteiger partial charge is 0.220 e. The van der Waals surface area contributed by atoms with E-state index in [1.807, 2.05) is 13.8 Å². The second kappa shape index (κ2) is 7.10. The van der Waals surface area contributed by atoms with Gasteiger partial charge in [-0.15, -0.1) is 11.6 Å². The van der Waals surface area contributed by atoms with Crippen LogP contribution in [0.3, 0.4) is 0 Å². The molecule has 1 amide bonds. The molecular weight excluding hydrogens is 198 g/mol. The molecule has 3 heteroatoms. The minimum Gasteiger partial charge on any atom is -0.353 e. The van der Waals surface area contributed by atoms with E-state index >= 15 is 0 Å². The first-order valence-electron chi connectivity index (χ1n) is 5.36. The maximum absolute atomic E-state index is 11.5. The molecule has 0 fully saturated rings. The third-order valence-electron chi connectivity index (χ3n) is 2.72. The summed E-state index contributed by atoms with van der Waals surface area (Å²) in [6.07, 6.45) is 1.67. The molecule has 0 aromatic carbocycles. The number of carbonyl (C=O) groups excluding carboxylic acids is 1. The number of amides is 1. The van der Waals surface area contributed by atoms with Crippen molar-refractivity contribution in [1.29, 1.82) is 0 Å². The highest BCUT2D eigenvalue weighted by Gasteiger charge is 2.14. The summed E-state index contributed by atoms with van der Waals surface area (Å²) in [7, 11) is 0.